The molecule has 0 amide bonds. The molecule has 3 nitrogen and oxygen atoms in total. The molecule has 8 aromatic rings. The Bertz CT molecular complexity index is 2450. The summed E-state index contributed by atoms with van der Waals surface area (Å²) < 4.78 is 48.3. The second-order valence-corrected chi connectivity index (χ2v) is 13.2. The molecular weight excluding hydrogens is 615 g/mol. The number of hydrogen-bond donors (Lipinski definition) is 0. The first-order chi connectivity index (χ1) is 23.4. The minimum Gasteiger partial charge on any atom is -0.308 e. The van der Waals surface area contributed by atoms with Gasteiger partial charge in [0.2, 0.25) is 0 Å². The van der Waals surface area contributed by atoms with Gasteiger partial charge in [-0.05, 0) is 118 Å². The van der Waals surface area contributed by atoms with Gasteiger partial charge >= 0.3 is 6.18 Å². The van der Waals surface area contributed by atoms with Crippen molar-refractivity contribution in [2.75, 3.05) is 0 Å². The lowest BCUT2D eigenvalue weighted by molar-refractivity contribution is -0.137. The zero-order valence-electron chi connectivity index (χ0n) is 27.8. The Hall–Kier alpha value is -5.80. The van der Waals surface area contributed by atoms with Gasteiger partial charge in [0.25, 0.3) is 0 Å². The van der Waals surface area contributed by atoms with E-state index in [9.17, 15) is 18.4 Å². The van der Waals surface area contributed by atoms with E-state index in [1.54, 1.807) is 25.1 Å². The highest BCUT2D eigenvalue weighted by molar-refractivity contribution is 6.11. The maximum absolute atomic E-state index is 14.7. The van der Waals surface area contributed by atoms with Crippen LogP contribution in [0.2, 0.25) is 0 Å². The lowest BCUT2D eigenvalue weighted by Gasteiger charge is -2.21. The van der Waals surface area contributed by atoms with E-state index in [0.717, 1.165) is 71.9 Å². The fraction of sp³-hybridized carbons (Fsp3) is 0.140. The largest absolute Gasteiger partial charge is 0.417 e. The predicted molar refractivity (Wildman–Crippen MR) is 194 cm³/mol. The normalized spacial score (nSPS) is 12.1. The lowest BCUT2D eigenvalue weighted by Crippen LogP contribution is -2.10. The van der Waals surface area contributed by atoms with Crippen LogP contribution in [0.5, 0.6) is 0 Å². The van der Waals surface area contributed by atoms with Crippen molar-refractivity contribution in [1.82, 2.24) is 9.13 Å². The van der Waals surface area contributed by atoms with E-state index in [4.69, 9.17) is 0 Å². The molecule has 0 aliphatic carbocycles. The fourth-order valence-corrected chi connectivity index (χ4v) is 7.53. The Morgan fingerprint density at radius 2 is 0.918 bits per heavy atom. The molecule has 49 heavy (non-hydrogen) atoms. The second-order valence-electron chi connectivity index (χ2n) is 13.2. The summed E-state index contributed by atoms with van der Waals surface area (Å²) >= 11 is 0. The number of nitrogens with zero attached hydrogens (tertiary/aromatic N) is 3. The zero-order valence-corrected chi connectivity index (χ0v) is 27.8. The smallest absolute Gasteiger partial charge is 0.308 e. The van der Waals surface area contributed by atoms with Crippen LogP contribution in [0, 0.1) is 45.9 Å². The summed E-state index contributed by atoms with van der Waals surface area (Å²) in [6.07, 6.45) is -4.58. The highest BCUT2D eigenvalue weighted by Gasteiger charge is 2.35. The Labute approximate surface area is 282 Å². The Balaban J connectivity index is 1.60. The summed E-state index contributed by atoms with van der Waals surface area (Å²) in [4.78, 5) is 0. The number of benzene rings is 6. The van der Waals surface area contributed by atoms with Crippen LogP contribution in [0.4, 0.5) is 13.2 Å². The van der Waals surface area contributed by atoms with Crippen molar-refractivity contribution in [2.24, 2.45) is 0 Å². The van der Waals surface area contributed by atoms with E-state index in [-0.39, 0.29) is 5.56 Å². The first-order valence-corrected chi connectivity index (χ1v) is 16.2. The van der Waals surface area contributed by atoms with Gasteiger partial charge in [-0.25, -0.2) is 0 Å². The summed E-state index contributed by atoms with van der Waals surface area (Å²) in [7, 11) is 0. The van der Waals surface area contributed by atoms with E-state index in [1.165, 1.54) is 6.07 Å². The molecule has 2 heterocycles. The Morgan fingerprint density at radius 3 is 1.27 bits per heavy atom. The summed E-state index contributed by atoms with van der Waals surface area (Å²) in [6.45, 7) is 9.88. The quantitative estimate of drug-likeness (QED) is 0.188. The van der Waals surface area contributed by atoms with Crippen molar-refractivity contribution in [3.05, 3.63) is 142 Å². The van der Waals surface area contributed by atoms with Gasteiger partial charge in [-0.3, -0.25) is 0 Å². The minimum absolute atomic E-state index is 0.0990. The molecule has 0 N–H and O–H groups in total. The zero-order chi connectivity index (χ0) is 34.4. The van der Waals surface area contributed by atoms with Gasteiger partial charge < -0.3 is 9.13 Å². The van der Waals surface area contributed by atoms with Crippen molar-refractivity contribution in [2.45, 2.75) is 40.8 Å². The standard InChI is InChI=1S/C43H32F3N3/c1-24-9-13-36-30(17-24)31-18-25(2)10-14-37(31)48(36)40-21-29(42-28(5)7-6-8-35(42)43(44,45)46)22-41(34(40)23-47)49-38-15-11-26(3)19-32(38)33-20-27(4)12-16-39(33)49/h6-22H,1-5H3. The third kappa shape index (κ3) is 4.72. The van der Waals surface area contributed by atoms with E-state index in [1.807, 2.05) is 85.4 Å². The lowest BCUT2D eigenvalue weighted by atomic mass is 9.92. The van der Waals surface area contributed by atoms with E-state index >= 15 is 0 Å². The molecule has 240 valence electrons. The van der Waals surface area contributed by atoms with E-state index < -0.39 is 11.7 Å². The predicted octanol–water partition coefficient (Wildman–Crippen LogP) is 12.0. The van der Waals surface area contributed by atoms with Crippen LogP contribution in [0.3, 0.4) is 0 Å². The third-order valence-electron chi connectivity index (χ3n) is 9.71. The van der Waals surface area contributed by atoms with Gasteiger partial charge in [0.1, 0.15) is 11.6 Å². The van der Waals surface area contributed by atoms with Crippen LogP contribution >= 0.6 is 0 Å². The number of halogens is 3. The molecule has 2 aromatic heterocycles. The molecule has 0 spiro atoms. The van der Waals surface area contributed by atoms with Gasteiger partial charge in [-0.15, -0.1) is 0 Å². The molecule has 0 radical (unpaired) electrons. The monoisotopic (exact) mass is 647 g/mol. The van der Waals surface area contributed by atoms with Gasteiger partial charge in [0.05, 0.1) is 39.0 Å². The molecule has 0 atom stereocenters. The Morgan fingerprint density at radius 1 is 0.531 bits per heavy atom. The number of aromatic nitrogens is 2. The second kappa shape index (κ2) is 10.9. The highest BCUT2D eigenvalue weighted by atomic mass is 19.4. The summed E-state index contributed by atoms with van der Waals surface area (Å²) in [5, 5.41) is 15.2. The average molecular weight is 648 g/mol. The van der Waals surface area contributed by atoms with E-state index in [0.29, 0.717) is 28.1 Å². The number of aryl methyl sites for hydroxylation is 5. The van der Waals surface area contributed by atoms with E-state index in [2.05, 4.69) is 30.3 Å². The molecule has 6 aromatic carbocycles. The Kier molecular flexibility index (Phi) is 6.77. The number of hydrogen-bond acceptors (Lipinski definition) is 1. The highest BCUT2D eigenvalue weighted by Crippen LogP contribution is 2.44. The van der Waals surface area contributed by atoms with Crippen molar-refractivity contribution in [3.63, 3.8) is 0 Å². The van der Waals surface area contributed by atoms with Crippen molar-refractivity contribution in [3.8, 4) is 28.6 Å². The van der Waals surface area contributed by atoms with Gasteiger partial charge in [-0.2, -0.15) is 18.4 Å². The van der Waals surface area contributed by atoms with Crippen LogP contribution < -0.4 is 0 Å². The van der Waals surface area contributed by atoms with Gasteiger partial charge in [0.15, 0.2) is 0 Å². The maximum Gasteiger partial charge on any atom is 0.417 e. The molecule has 0 saturated heterocycles. The number of rotatable bonds is 3. The molecule has 6 heteroatoms. The maximum atomic E-state index is 14.7. The van der Waals surface area contributed by atoms with Gasteiger partial charge in [0, 0.05) is 21.5 Å². The molecule has 0 aliphatic rings. The molecule has 0 bridgehead atoms. The molecule has 0 aliphatic heterocycles. The van der Waals surface area contributed by atoms with Crippen LogP contribution in [0.15, 0.2) is 103 Å². The topological polar surface area (TPSA) is 33.6 Å². The summed E-state index contributed by atoms with van der Waals surface area (Å²) in [5.74, 6) is 0. The first-order valence-electron chi connectivity index (χ1n) is 16.2. The van der Waals surface area contributed by atoms with Crippen LogP contribution in [0.25, 0.3) is 66.1 Å². The molecule has 0 saturated carbocycles. The van der Waals surface area contributed by atoms with Crippen LogP contribution in [-0.2, 0) is 6.18 Å². The number of alkyl halides is 3. The molecule has 8 rings (SSSR count). The minimum atomic E-state index is -4.58. The van der Waals surface area contributed by atoms with Crippen molar-refractivity contribution >= 4 is 43.6 Å². The summed E-state index contributed by atoms with van der Waals surface area (Å²) in [5.41, 5.74) is 9.55. The van der Waals surface area contributed by atoms with Crippen LogP contribution in [0.1, 0.15) is 38.9 Å². The SMILES string of the molecule is Cc1ccc2c(c1)c1cc(C)ccc1n2-c1cc(-c2c(C)cccc2C(F)(F)F)cc(-n2c3ccc(C)cc3c3cc(C)ccc32)c1C#N. The average Bonchev–Trinajstić information content (AvgIpc) is 3.54. The number of nitriles is 1. The number of fused-ring (bicyclic) bond motifs is 6. The van der Waals surface area contributed by atoms with Crippen molar-refractivity contribution in [1.29, 1.82) is 5.26 Å². The molecule has 0 fully saturated rings. The molecule has 0 unspecified atom stereocenters. The summed E-state index contributed by atoms with van der Waals surface area (Å²) in [6, 6.07) is 35.1. The molecular formula is C43H32F3N3. The first kappa shape index (κ1) is 30.5. The van der Waals surface area contributed by atoms with Gasteiger partial charge in [-0.1, -0.05) is 58.7 Å². The fourth-order valence-electron chi connectivity index (χ4n) is 7.53. The van der Waals surface area contributed by atoms with Crippen molar-refractivity contribution < 1.29 is 13.2 Å². The van der Waals surface area contributed by atoms with Crippen LogP contribution in [-0.4, -0.2) is 9.13 Å². The third-order valence-corrected chi connectivity index (χ3v) is 9.71.